The molecule has 10 aromatic rings. The Hall–Kier alpha value is -7.16. The quantitative estimate of drug-likeness (QED) is 0.169. The van der Waals surface area contributed by atoms with Crippen LogP contribution in [0.5, 0.6) is 0 Å². The molecule has 2 aliphatic carbocycles. The van der Waals surface area contributed by atoms with E-state index >= 15 is 0 Å². The Morgan fingerprint density at radius 1 is 0.383 bits per heavy atom. The molecule has 0 aliphatic heterocycles. The predicted molar refractivity (Wildman–Crippen MR) is 254 cm³/mol. The molecule has 0 saturated carbocycles. The van der Waals surface area contributed by atoms with Crippen LogP contribution in [0, 0.1) is 0 Å². The summed E-state index contributed by atoms with van der Waals surface area (Å²) in [5.74, 6) is 0. The molecular formula is C58H44N2. The lowest BCUT2D eigenvalue weighted by atomic mass is 9.82. The summed E-state index contributed by atoms with van der Waals surface area (Å²) >= 11 is 0. The SMILES string of the molecule is CC1(C)c2ccccc2-c2ccc(N(c3ccc(-c4cccc5cc(-n6c7ccccc7c7ccccc76)ccc45)cc3)c3cccc4c3-c3ccccc3C4(C)C)cc21. The van der Waals surface area contributed by atoms with Crippen molar-refractivity contribution in [1.82, 2.24) is 4.57 Å². The van der Waals surface area contributed by atoms with E-state index < -0.39 is 0 Å². The summed E-state index contributed by atoms with van der Waals surface area (Å²) in [5.41, 5.74) is 20.2. The van der Waals surface area contributed by atoms with Crippen LogP contribution in [0.1, 0.15) is 49.9 Å². The van der Waals surface area contributed by atoms with Crippen LogP contribution in [0.2, 0.25) is 0 Å². The highest BCUT2D eigenvalue weighted by molar-refractivity contribution is 6.10. The predicted octanol–water partition coefficient (Wildman–Crippen LogP) is 15.7. The molecule has 60 heavy (non-hydrogen) atoms. The molecule has 9 aromatic carbocycles. The number of anilines is 3. The number of fused-ring (bicyclic) bond motifs is 10. The zero-order valence-electron chi connectivity index (χ0n) is 34.4. The fourth-order valence-electron chi connectivity index (χ4n) is 10.8. The Labute approximate surface area is 351 Å². The Bertz CT molecular complexity index is 3320. The molecule has 12 rings (SSSR count). The minimum absolute atomic E-state index is 0.102. The van der Waals surface area contributed by atoms with Crippen molar-refractivity contribution in [3.8, 4) is 39.1 Å². The third kappa shape index (κ3) is 4.88. The van der Waals surface area contributed by atoms with Crippen LogP contribution in [0.25, 0.3) is 71.6 Å². The first-order chi connectivity index (χ1) is 29.3. The zero-order valence-corrected chi connectivity index (χ0v) is 34.4. The van der Waals surface area contributed by atoms with E-state index in [4.69, 9.17) is 0 Å². The number of nitrogens with zero attached hydrogens (tertiary/aromatic N) is 2. The van der Waals surface area contributed by atoms with E-state index in [1.165, 1.54) is 105 Å². The van der Waals surface area contributed by atoms with Gasteiger partial charge in [-0.3, -0.25) is 0 Å². The van der Waals surface area contributed by atoms with Gasteiger partial charge in [-0.25, -0.2) is 0 Å². The van der Waals surface area contributed by atoms with Gasteiger partial charge in [-0.05, 0) is 115 Å². The third-order valence-corrected chi connectivity index (χ3v) is 13.8. The second kappa shape index (κ2) is 12.7. The summed E-state index contributed by atoms with van der Waals surface area (Å²) in [4.78, 5) is 2.50. The molecule has 286 valence electrons. The smallest absolute Gasteiger partial charge is 0.0543 e. The zero-order chi connectivity index (χ0) is 40.3. The second-order valence-corrected chi connectivity index (χ2v) is 17.7. The monoisotopic (exact) mass is 768 g/mol. The van der Waals surface area contributed by atoms with Gasteiger partial charge in [0, 0.05) is 44.2 Å². The first-order valence-electron chi connectivity index (χ1n) is 21.2. The molecule has 0 saturated heterocycles. The average molecular weight is 769 g/mol. The molecule has 0 fully saturated rings. The summed E-state index contributed by atoms with van der Waals surface area (Å²) in [6, 6.07) is 72.3. The van der Waals surface area contributed by atoms with E-state index in [-0.39, 0.29) is 10.8 Å². The van der Waals surface area contributed by atoms with Crippen molar-refractivity contribution in [2.24, 2.45) is 0 Å². The summed E-state index contributed by atoms with van der Waals surface area (Å²) in [5, 5.41) is 5.02. The molecule has 0 spiro atoms. The van der Waals surface area contributed by atoms with Gasteiger partial charge in [0.15, 0.2) is 0 Å². The van der Waals surface area contributed by atoms with Gasteiger partial charge >= 0.3 is 0 Å². The molecule has 1 heterocycles. The highest BCUT2D eigenvalue weighted by atomic mass is 15.1. The normalized spacial score (nSPS) is 14.3. The fraction of sp³-hybridized carbons (Fsp3) is 0.103. The number of benzene rings is 9. The van der Waals surface area contributed by atoms with Gasteiger partial charge in [0.2, 0.25) is 0 Å². The number of para-hydroxylation sites is 2. The third-order valence-electron chi connectivity index (χ3n) is 13.8. The second-order valence-electron chi connectivity index (χ2n) is 17.7. The van der Waals surface area contributed by atoms with Gasteiger partial charge in [0.05, 0.1) is 16.7 Å². The van der Waals surface area contributed by atoms with E-state index in [0.29, 0.717) is 0 Å². The van der Waals surface area contributed by atoms with Gasteiger partial charge in [0.1, 0.15) is 0 Å². The highest BCUT2D eigenvalue weighted by Gasteiger charge is 2.39. The fourth-order valence-corrected chi connectivity index (χ4v) is 10.8. The first-order valence-corrected chi connectivity index (χ1v) is 21.2. The topological polar surface area (TPSA) is 8.17 Å². The number of hydrogen-bond acceptors (Lipinski definition) is 1. The summed E-state index contributed by atoms with van der Waals surface area (Å²) in [6.07, 6.45) is 0. The lowest BCUT2D eigenvalue weighted by molar-refractivity contribution is 0.660. The molecule has 2 heteroatoms. The van der Waals surface area contributed by atoms with E-state index in [1.807, 2.05) is 0 Å². The molecule has 2 aliphatic rings. The van der Waals surface area contributed by atoms with E-state index in [1.54, 1.807) is 0 Å². The van der Waals surface area contributed by atoms with Crippen molar-refractivity contribution >= 4 is 49.6 Å². The van der Waals surface area contributed by atoms with E-state index in [2.05, 4.69) is 231 Å². The van der Waals surface area contributed by atoms with Crippen LogP contribution in [-0.2, 0) is 10.8 Å². The first kappa shape index (κ1) is 34.8. The summed E-state index contributed by atoms with van der Waals surface area (Å²) in [7, 11) is 0. The van der Waals surface area contributed by atoms with Crippen LogP contribution in [-0.4, -0.2) is 4.57 Å². The Morgan fingerprint density at radius 2 is 0.950 bits per heavy atom. The maximum Gasteiger partial charge on any atom is 0.0543 e. The van der Waals surface area contributed by atoms with E-state index in [9.17, 15) is 0 Å². The van der Waals surface area contributed by atoms with E-state index in [0.717, 1.165) is 5.69 Å². The Balaban J connectivity index is 0.998. The molecule has 0 atom stereocenters. The number of aromatic nitrogens is 1. The molecule has 2 nitrogen and oxygen atoms in total. The van der Waals surface area contributed by atoms with Crippen LogP contribution >= 0.6 is 0 Å². The van der Waals surface area contributed by atoms with Gasteiger partial charge in [-0.15, -0.1) is 0 Å². The van der Waals surface area contributed by atoms with Crippen LogP contribution in [0.3, 0.4) is 0 Å². The highest BCUT2D eigenvalue weighted by Crippen LogP contribution is 2.56. The standard InChI is InChI=1S/C58H44N2/c1-57(2)50-22-10-6-19-48(50)56-51(57)23-14-26-55(56)59(41-32-34-45-44-16-5-9-21-49(44)58(3,4)52(45)36-41)39-29-27-37(28-30-39)42-20-13-15-38-35-40(31-33-43(38)42)60-53-24-11-7-17-46(53)47-18-8-12-25-54(47)60/h5-36H,1-4H3. The van der Waals surface area contributed by atoms with Crippen molar-refractivity contribution in [3.63, 3.8) is 0 Å². The van der Waals surface area contributed by atoms with Crippen LogP contribution in [0.4, 0.5) is 17.1 Å². The molecule has 0 unspecified atom stereocenters. The van der Waals surface area contributed by atoms with Gasteiger partial charge in [-0.1, -0.05) is 167 Å². The van der Waals surface area contributed by atoms with Crippen LogP contribution < -0.4 is 4.90 Å². The van der Waals surface area contributed by atoms with Gasteiger partial charge in [0.25, 0.3) is 0 Å². The maximum atomic E-state index is 2.50. The minimum atomic E-state index is -0.111. The molecule has 1 aromatic heterocycles. The molecular weight excluding hydrogens is 725 g/mol. The minimum Gasteiger partial charge on any atom is -0.310 e. The number of rotatable bonds is 5. The van der Waals surface area contributed by atoms with Crippen molar-refractivity contribution < 1.29 is 0 Å². The average Bonchev–Trinajstić information content (AvgIpc) is 3.84. The van der Waals surface area contributed by atoms with Gasteiger partial charge < -0.3 is 9.47 Å². The summed E-state index contributed by atoms with van der Waals surface area (Å²) in [6.45, 7) is 9.48. The van der Waals surface area contributed by atoms with Crippen molar-refractivity contribution in [3.05, 3.63) is 216 Å². The molecule has 0 N–H and O–H groups in total. The lowest BCUT2D eigenvalue weighted by Crippen LogP contribution is -2.17. The number of hydrogen-bond donors (Lipinski definition) is 0. The van der Waals surface area contributed by atoms with Crippen LogP contribution in [0.15, 0.2) is 194 Å². The summed E-state index contributed by atoms with van der Waals surface area (Å²) < 4.78 is 2.40. The molecule has 0 radical (unpaired) electrons. The molecule has 0 amide bonds. The van der Waals surface area contributed by atoms with Gasteiger partial charge in [-0.2, -0.15) is 0 Å². The molecule has 0 bridgehead atoms. The largest absolute Gasteiger partial charge is 0.310 e. The van der Waals surface area contributed by atoms with Crippen molar-refractivity contribution in [2.45, 2.75) is 38.5 Å². The maximum absolute atomic E-state index is 2.50. The van der Waals surface area contributed by atoms with Crippen molar-refractivity contribution in [2.75, 3.05) is 4.90 Å². The van der Waals surface area contributed by atoms with Crippen molar-refractivity contribution in [1.29, 1.82) is 0 Å². The Morgan fingerprint density at radius 3 is 1.70 bits per heavy atom. The lowest BCUT2D eigenvalue weighted by Gasteiger charge is -2.30. The Kier molecular flexibility index (Phi) is 7.36.